The first-order valence-electron chi connectivity index (χ1n) is 6.93. The summed E-state index contributed by atoms with van der Waals surface area (Å²) in [7, 11) is -2.36. The molecule has 0 aliphatic carbocycles. The fourth-order valence-corrected chi connectivity index (χ4v) is 2.65. The second-order valence-corrected chi connectivity index (χ2v) is 6.95. The molecule has 10 heteroatoms. The largest absolute Gasteiger partial charge is 0.479 e. The van der Waals surface area contributed by atoms with E-state index >= 15 is 0 Å². The van der Waals surface area contributed by atoms with Crippen LogP contribution in [0.15, 0.2) is 29.2 Å². The lowest BCUT2D eigenvalue weighted by Crippen LogP contribution is -2.46. The number of rotatable bonds is 9. The van der Waals surface area contributed by atoms with Crippen molar-refractivity contribution in [1.82, 2.24) is 10.0 Å². The summed E-state index contributed by atoms with van der Waals surface area (Å²) in [5, 5.41) is 20.6. The minimum absolute atomic E-state index is 0.0193. The molecule has 24 heavy (non-hydrogen) atoms. The quantitative estimate of drug-likeness (QED) is 0.421. The van der Waals surface area contributed by atoms with Crippen LogP contribution in [0.1, 0.15) is 17.3 Å². The topological polar surface area (TPSA) is 142 Å². The molecule has 0 saturated carbocycles. The molecule has 0 aliphatic rings. The lowest BCUT2D eigenvalue weighted by atomic mass is 10.1. The van der Waals surface area contributed by atoms with Crippen LogP contribution in [0.25, 0.3) is 0 Å². The van der Waals surface area contributed by atoms with E-state index in [1.165, 1.54) is 25.3 Å². The fourth-order valence-electron chi connectivity index (χ4n) is 1.60. The summed E-state index contributed by atoms with van der Waals surface area (Å²) in [6, 6.07) is 5.23. The summed E-state index contributed by atoms with van der Waals surface area (Å²) in [6.45, 7) is 0.793. The molecular weight excluding hydrogens is 340 g/mol. The van der Waals surface area contributed by atoms with Crippen molar-refractivity contribution in [1.29, 1.82) is 0 Å². The van der Waals surface area contributed by atoms with Gasteiger partial charge in [0.15, 0.2) is 5.60 Å². The first kappa shape index (κ1) is 20.0. The van der Waals surface area contributed by atoms with Gasteiger partial charge in [0.25, 0.3) is 5.91 Å². The highest BCUT2D eigenvalue weighted by Crippen LogP contribution is 2.12. The number of hydrogen-bond acceptors (Lipinski definition) is 6. The molecule has 1 unspecified atom stereocenters. The minimum atomic E-state index is -3.80. The van der Waals surface area contributed by atoms with E-state index < -0.39 is 34.0 Å². The number of carboxylic acids is 1. The Morgan fingerprint density at radius 2 is 2.00 bits per heavy atom. The van der Waals surface area contributed by atoms with E-state index in [9.17, 15) is 23.1 Å². The van der Waals surface area contributed by atoms with Gasteiger partial charge in [0.2, 0.25) is 10.0 Å². The monoisotopic (exact) mass is 360 g/mol. The predicted molar refractivity (Wildman–Crippen MR) is 84.1 cm³/mol. The van der Waals surface area contributed by atoms with E-state index in [1.54, 1.807) is 0 Å². The first-order valence-corrected chi connectivity index (χ1v) is 8.41. The molecular formula is C14H20N2O7S. The summed E-state index contributed by atoms with van der Waals surface area (Å²) in [5.74, 6) is -2.19. The van der Waals surface area contributed by atoms with Gasteiger partial charge >= 0.3 is 5.97 Å². The molecule has 1 aromatic carbocycles. The molecule has 0 aliphatic heterocycles. The molecule has 1 rings (SSSR count). The average Bonchev–Trinajstić information content (AvgIpc) is 2.52. The fraction of sp³-hybridized carbons (Fsp3) is 0.429. The van der Waals surface area contributed by atoms with Crippen molar-refractivity contribution in [3.63, 3.8) is 0 Å². The summed E-state index contributed by atoms with van der Waals surface area (Å²) in [6.07, 6.45) is 0. The Balaban J connectivity index is 2.84. The molecule has 0 saturated heterocycles. The van der Waals surface area contributed by atoms with Crippen LogP contribution in [0.4, 0.5) is 0 Å². The molecule has 1 aromatic rings. The van der Waals surface area contributed by atoms with E-state index in [0.717, 1.165) is 13.0 Å². The Labute approximate surface area is 139 Å². The Bertz CT molecular complexity index is 701. The van der Waals surface area contributed by atoms with Crippen molar-refractivity contribution in [2.75, 3.05) is 26.8 Å². The molecule has 1 atom stereocenters. The molecule has 134 valence electrons. The lowest BCUT2D eigenvalue weighted by Gasteiger charge is -2.18. The Morgan fingerprint density at radius 1 is 1.33 bits per heavy atom. The zero-order chi connectivity index (χ0) is 18.4. The molecule has 9 nitrogen and oxygen atoms in total. The molecule has 0 spiro atoms. The van der Waals surface area contributed by atoms with Crippen LogP contribution in [0, 0.1) is 0 Å². The number of carboxylic acid groups (broad SMARTS) is 1. The van der Waals surface area contributed by atoms with Gasteiger partial charge in [0.1, 0.15) is 0 Å². The maximum Gasteiger partial charge on any atom is 0.337 e. The zero-order valence-electron chi connectivity index (χ0n) is 13.3. The third-order valence-corrected chi connectivity index (χ3v) is 4.52. The Kier molecular flexibility index (Phi) is 6.84. The number of benzene rings is 1. The number of methoxy groups -OCH3 is 1. The van der Waals surface area contributed by atoms with Crippen LogP contribution < -0.4 is 10.0 Å². The van der Waals surface area contributed by atoms with E-state index in [-0.39, 0.29) is 23.6 Å². The summed E-state index contributed by atoms with van der Waals surface area (Å²) >= 11 is 0. The van der Waals surface area contributed by atoms with E-state index in [4.69, 9.17) is 9.84 Å². The predicted octanol–water partition coefficient (Wildman–Crippen LogP) is -0.823. The van der Waals surface area contributed by atoms with E-state index in [0.29, 0.717) is 0 Å². The molecule has 0 fully saturated rings. The SMILES string of the molecule is COCCNS(=O)(=O)c1cccc(C(=O)NCC(C)(O)C(=O)O)c1. The summed E-state index contributed by atoms with van der Waals surface area (Å²) in [4.78, 5) is 22.7. The number of aliphatic hydroxyl groups is 1. The number of nitrogens with one attached hydrogen (secondary N) is 2. The second kappa shape index (κ2) is 8.20. The zero-order valence-corrected chi connectivity index (χ0v) is 14.1. The van der Waals surface area contributed by atoms with Crippen molar-refractivity contribution in [2.45, 2.75) is 17.4 Å². The lowest BCUT2D eigenvalue weighted by molar-refractivity contribution is -0.155. The van der Waals surface area contributed by atoms with Gasteiger partial charge in [0, 0.05) is 19.2 Å². The normalized spacial score (nSPS) is 14.0. The van der Waals surface area contributed by atoms with Crippen molar-refractivity contribution in [3.05, 3.63) is 29.8 Å². The standard InChI is InChI=1S/C14H20N2O7S/c1-14(20,13(18)19)9-15-12(17)10-4-3-5-11(8-10)24(21,22)16-6-7-23-2/h3-5,8,16,20H,6-7,9H2,1-2H3,(H,15,17)(H,18,19). The minimum Gasteiger partial charge on any atom is -0.479 e. The van der Waals surface area contributed by atoms with Crippen molar-refractivity contribution < 1.29 is 33.0 Å². The third-order valence-electron chi connectivity index (χ3n) is 3.06. The van der Waals surface area contributed by atoms with Crippen LogP contribution >= 0.6 is 0 Å². The number of carbonyl (C=O) groups is 2. The smallest absolute Gasteiger partial charge is 0.337 e. The highest BCUT2D eigenvalue weighted by atomic mass is 32.2. The summed E-state index contributed by atoms with van der Waals surface area (Å²) in [5.41, 5.74) is -2.10. The van der Waals surface area contributed by atoms with Crippen LogP contribution in [0.3, 0.4) is 0 Å². The maximum absolute atomic E-state index is 12.1. The van der Waals surface area contributed by atoms with Crippen molar-refractivity contribution in [2.24, 2.45) is 0 Å². The molecule has 0 radical (unpaired) electrons. The first-order chi connectivity index (χ1) is 11.1. The van der Waals surface area contributed by atoms with Gasteiger partial charge in [-0.2, -0.15) is 0 Å². The number of sulfonamides is 1. The molecule has 4 N–H and O–H groups in total. The molecule has 0 bridgehead atoms. The molecule has 1 amide bonds. The van der Waals surface area contributed by atoms with Gasteiger partial charge in [-0.1, -0.05) is 6.07 Å². The van der Waals surface area contributed by atoms with E-state index in [1.807, 2.05) is 0 Å². The number of carbonyl (C=O) groups excluding carboxylic acids is 1. The summed E-state index contributed by atoms with van der Waals surface area (Å²) < 4.78 is 31.2. The highest BCUT2D eigenvalue weighted by molar-refractivity contribution is 7.89. The van der Waals surface area contributed by atoms with Crippen LogP contribution in [0.2, 0.25) is 0 Å². The highest BCUT2D eigenvalue weighted by Gasteiger charge is 2.30. The van der Waals surface area contributed by atoms with Crippen molar-refractivity contribution >= 4 is 21.9 Å². The van der Waals surface area contributed by atoms with Crippen LogP contribution in [-0.2, 0) is 19.6 Å². The average molecular weight is 360 g/mol. The Morgan fingerprint density at radius 3 is 2.58 bits per heavy atom. The third kappa shape index (κ3) is 5.57. The number of ether oxygens (including phenoxy) is 1. The molecule has 0 aromatic heterocycles. The second-order valence-electron chi connectivity index (χ2n) is 5.18. The number of aliphatic carboxylic acids is 1. The van der Waals surface area contributed by atoms with Gasteiger partial charge in [0.05, 0.1) is 18.0 Å². The van der Waals surface area contributed by atoms with Gasteiger partial charge in [-0.05, 0) is 25.1 Å². The van der Waals surface area contributed by atoms with Gasteiger partial charge in [-0.3, -0.25) is 4.79 Å². The number of amides is 1. The maximum atomic E-state index is 12.1. The van der Waals surface area contributed by atoms with Gasteiger partial charge in [-0.15, -0.1) is 0 Å². The Hall–Kier alpha value is -2.01. The number of hydrogen-bond donors (Lipinski definition) is 4. The van der Waals surface area contributed by atoms with Crippen LogP contribution in [0.5, 0.6) is 0 Å². The van der Waals surface area contributed by atoms with Gasteiger partial charge in [-0.25, -0.2) is 17.9 Å². The van der Waals surface area contributed by atoms with E-state index in [2.05, 4.69) is 10.0 Å². The van der Waals surface area contributed by atoms with Crippen LogP contribution in [-0.4, -0.2) is 62.9 Å². The van der Waals surface area contributed by atoms with Gasteiger partial charge < -0.3 is 20.3 Å². The molecule has 0 heterocycles. The van der Waals surface area contributed by atoms with Crippen molar-refractivity contribution in [3.8, 4) is 0 Å².